The second-order valence-electron chi connectivity index (χ2n) is 4.31. The first-order chi connectivity index (χ1) is 8.86. The molecule has 1 saturated heterocycles. The van der Waals surface area contributed by atoms with Crippen molar-refractivity contribution in [2.75, 3.05) is 20.0 Å². The van der Waals surface area contributed by atoms with Gasteiger partial charge in [0, 0.05) is 12.7 Å². The van der Waals surface area contributed by atoms with Gasteiger partial charge in [0.2, 0.25) is 6.79 Å². The smallest absolute Gasteiger partial charge is 0.231 e. The van der Waals surface area contributed by atoms with Crippen molar-refractivity contribution in [3.63, 3.8) is 0 Å². The molecule has 2 aliphatic rings. The van der Waals surface area contributed by atoms with Crippen molar-refractivity contribution in [2.24, 2.45) is 0 Å². The summed E-state index contributed by atoms with van der Waals surface area (Å²) in [4.78, 5) is 11.0. The molecule has 1 aromatic rings. The number of hydrogen-bond donors (Lipinski definition) is 0. The summed E-state index contributed by atoms with van der Waals surface area (Å²) >= 11 is 0. The normalized spacial score (nSPS) is 21.0. The van der Waals surface area contributed by atoms with E-state index in [2.05, 4.69) is 0 Å². The molecule has 1 aromatic carbocycles. The maximum Gasteiger partial charge on any atom is 0.231 e. The lowest BCUT2D eigenvalue weighted by atomic mass is 10.2. The number of rotatable bonds is 4. The summed E-state index contributed by atoms with van der Waals surface area (Å²) in [6.45, 7) is 1.43. The molecule has 0 aromatic heterocycles. The first-order valence-electron chi connectivity index (χ1n) is 6.00. The molecule has 2 aliphatic heterocycles. The Morgan fingerprint density at radius 1 is 1.33 bits per heavy atom. The largest absolute Gasteiger partial charge is 0.490 e. The molecule has 0 aliphatic carbocycles. The van der Waals surface area contributed by atoms with Crippen LogP contribution in [0.4, 0.5) is 0 Å². The van der Waals surface area contributed by atoms with Crippen LogP contribution in [0, 0.1) is 0 Å². The van der Waals surface area contributed by atoms with E-state index < -0.39 is 0 Å². The molecule has 0 saturated carbocycles. The number of benzene rings is 1. The molecular formula is C13H14O5. The number of carbonyl (C=O) groups excluding carboxylic acids is 1. The van der Waals surface area contributed by atoms with Crippen LogP contribution in [0.2, 0.25) is 0 Å². The molecule has 1 unspecified atom stereocenters. The lowest BCUT2D eigenvalue weighted by Crippen LogP contribution is -2.16. The Bertz CT molecular complexity index is 451. The molecule has 0 radical (unpaired) electrons. The second kappa shape index (κ2) is 4.86. The number of fused-ring (bicyclic) bond motifs is 1. The van der Waals surface area contributed by atoms with Crippen molar-refractivity contribution in [3.05, 3.63) is 17.7 Å². The highest BCUT2D eigenvalue weighted by molar-refractivity contribution is 5.81. The molecule has 0 spiro atoms. The topological polar surface area (TPSA) is 54.0 Å². The van der Waals surface area contributed by atoms with Crippen molar-refractivity contribution < 1.29 is 23.7 Å². The summed E-state index contributed by atoms with van der Waals surface area (Å²) in [7, 11) is 0. The monoisotopic (exact) mass is 250 g/mol. The first-order valence-corrected chi connectivity index (χ1v) is 6.00. The summed E-state index contributed by atoms with van der Waals surface area (Å²) in [6.07, 6.45) is 2.94. The number of hydrogen-bond acceptors (Lipinski definition) is 5. The number of aldehydes is 1. The van der Waals surface area contributed by atoms with E-state index in [9.17, 15) is 4.79 Å². The van der Waals surface area contributed by atoms with Gasteiger partial charge in [-0.3, -0.25) is 4.79 Å². The van der Waals surface area contributed by atoms with E-state index in [0.29, 0.717) is 29.4 Å². The van der Waals surface area contributed by atoms with Crippen LogP contribution in [0.25, 0.3) is 0 Å². The van der Waals surface area contributed by atoms with Crippen LogP contribution < -0.4 is 14.2 Å². The number of carbonyl (C=O) groups is 1. The van der Waals surface area contributed by atoms with Crippen LogP contribution in [0.15, 0.2) is 12.1 Å². The van der Waals surface area contributed by atoms with Crippen molar-refractivity contribution in [1.82, 2.24) is 0 Å². The lowest BCUT2D eigenvalue weighted by Gasteiger charge is -2.13. The van der Waals surface area contributed by atoms with Crippen molar-refractivity contribution in [2.45, 2.75) is 18.9 Å². The minimum atomic E-state index is 0.120. The average Bonchev–Trinajstić information content (AvgIpc) is 3.05. The third-order valence-electron chi connectivity index (χ3n) is 3.08. The van der Waals surface area contributed by atoms with Gasteiger partial charge in [-0.25, -0.2) is 0 Å². The Kier molecular flexibility index (Phi) is 3.06. The van der Waals surface area contributed by atoms with Gasteiger partial charge in [0.1, 0.15) is 12.4 Å². The minimum absolute atomic E-state index is 0.120. The van der Waals surface area contributed by atoms with Crippen LogP contribution in [-0.2, 0) is 4.74 Å². The second-order valence-corrected chi connectivity index (χ2v) is 4.31. The fourth-order valence-electron chi connectivity index (χ4n) is 2.11. The third kappa shape index (κ3) is 2.13. The fourth-order valence-corrected chi connectivity index (χ4v) is 2.11. The Hall–Kier alpha value is -1.75. The highest BCUT2D eigenvalue weighted by atomic mass is 16.7. The summed E-state index contributed by atoms with van der Waals surface area (Å²) < 4.78 is 21.6. The van der Waals surface area contributed by atoms with Gasteiger partial charge in [-0.1, -0.05) is 0 Å². The molecule has 96 valence electrons. The van der Waals surface area contributed by atoms with Crippen LogP contribution in [-0.4, -0.2) is 32.4 Å². The van der Waals surface area contributed by atoms with E-state index in [1.807, 2.05) is 0 Å². The predicted octanol–water partition coefficient (Wildman–Crippen LogP) is 1.79. The zero-order valence-electron chi connectivity index (χ0n) is 9.89. The average molecular weight is 250 g/mol. The van der Waals surface area contributed by atoms with Gasteiger partial charge in [0.05, 0.1) is 11.7 Å². The van der Waals surface area contributed by atoms with Crippen LogP contribution >= 0.6 is 0 Å². The van der Waals surface area contributed by atoms with Crippen molar-refractivity contribution in [1.29, 1.82) is 0 Å². The van der Waals surface area contributed by atoms with E-state index >= 15 is 0 Å². The van der Waals surface area contributed by atoms with Gasteiger partial charge in [-0.05, 0) is 18.9 Å². The highest BCUT2D eigenvalue weighted by Crippen LogP contribution is 2.37. The SMILES string of the molecule is O=Cc1cc2c(cc1OCC1CCCO1)OCO2. The lowest BCUT2D eigenvalue weighted by molar-refractivity contribution is 0.0674. The van der Waals surface area contributed by atoms with E-state index in [1.54, 1.807) is 12.1 Å². The molecule has 0 N–H and O–H groups in total. The maximum absolute atomic E-state index is 11.0. The third-order valence-corrected chi connectivity index (χ3v) is 3.08. The van der Waals surface area contributed by atoms with Crippen LogP contribution in [0.1, 0.15) is 23.2 Å². The maximum atomic E-state index is 11.0. The summed E-state index contributed by atoms with van der Waals surface area (Å²) in [6, 6.07) is 3.33. The van der Waals surface area contributed by atoms with Gasteiger partial charge >= 0.3 is 0 Å². The van der Waals surface area contributed by atoms with E-state index in [4.69, 9.17) is 18.9 Å². The van der Waals surface area contributed by atoms with Gasteiger partial charge in [-0.2, -0.15) is 0 Å². The molecule has 5 nitrogen and oxygen atoms in total. The molecule has 2 heterocycles. The summed E-state index contributed by atoms with van der Waals surface area (Å²) in [5, 5.41) is 0. The molecule has 0 bridgehead atoms. The molecule has 1 fully saturated rings. The molecule has 18 heavy (non-hydrogen) atoms. The Morgan fingerprint density at radius 2 is 2.17 bits per heavy atom. The molecule has 5 heteroatoms. The van der Waals surface area contributed by atoms with Gasteiger partial charge in [0.15, 0.2) is 17.8 Å². The highest BCUT2D eigenvalue weighted by Gasteiger charge is 2.20. The molecule has 3 rings (SSSR count). The summed E-state index contributed by atoms with van der Waals surface area (Å²) in [5.41, 5.74) is 0.470. The van der Waals surface area contributed by atoms with Gasteiger partial charge in [0.25, 0.3) is 0 Å². The quantitative estimate of drug-likeness (QED) is 0.762. The Labute approximate surface area is 105 Å². The van der Waals surface area contributed by atoms with Gasteiger partial charge < -0.3 is 18.9 Å². The zero-order valence-corrected chi connectivity index (χ0v) is 9.89. The minimum Gasteiger partial charge on any atom is -0.490 e. The van der Waals surface area contributed by atoms with Crippen LogP contribution in [0.3, 0.4) is 0 Å². The fraction of sp³-hybridized carbons (Fsp3) is 0.462. The Balaban J connectivity index is 1.75. The first kappa shape index (κ1) is 11.3. The zero-order chi connectivity index (χ0) is 12.4. The van der Waals surface area contributed by atoms with Gasteiger partial charge in [-0.15, -0.1) is 0 Å². The van der Waals surface area contributed by atoms with E-state index in [0.717, 1.165) is 25.7 Å². The van der Waals surface area contributed by atoms with Crippen molar-refractivity contribution in [3.8, 4) is 17.2 Å². The van der Waals surface area contributed by atoms with Crippen molar-refractivity contribution >= 4 is 6.29 Å². The van der Waals surface area contributed by atoms with Crippen LogP contribution in [0.5, 0.6) is 17.2 Å². The predicted molar refractivity (Wildman–Crippen MR) is 62.4 cm³/mol. The molecule has 0 amide bonds. The molecular weight excluding hydrogens is 236 g/mol. The standard InChI is InChI=1S/C13H14O5/c14-6-9-4-12-13(18-8-17-12)5-11(9)16-7-10-2-1-3-15-10/h4-6,10H,1-3,7-8H2. The van der Waals surface area contributed by atoms with E-state index in [1.165, 1.54) is 0 Å². The molecule has 1 atom stereocenters. The summed E-state index contributed by atoms with van der Waals surface area (Å²) in [5.74, 6) is 1.72. The number of ether oxygens (including phenoxy) is 4. The Morgan fingerprint density at radius 3 is 2.89 bits per heavy atom. The van der Waals surface area contributed by atoms with E-state index in [-0.39, 0.29) is 12.9 Å².